The second-order valence-electron chi connectivity index (χ2n) is 10.2. The molecule has 12 heteroatoms. The number of phenolic OH excluding ortho intramolecular Hbond substituents is 1. The number of carbonyl (C=O) groups excluding carboxylic acids is 1. The van der Waals surface area contributed by atoms with Gasteiger partial charge >= 0.3 is 6.18 Å². The first-order valence-electron chi connectivity index (χ1n) is 13.5. The molecule has 222 valence electrons. The summed E-state index contributed by atoms with van der Waals surface area (Å²) in [6, 6.07) is 8.53. The van der Waals surface area contributed by atoms with Crippen molar-refractivity contribution < 1.29 is 23.1 Å². The molecule has 0 atom stereocenters. The fourth-order valence-corrected chi connectivity index (χ4v) is 5.65. The number of alkyl halides is 3. The molecule has 1 saturated heterocycles. The van der Waals surface area contributed by atoms with Gasteiger partial charge in [0, 0.05) is 39.2 Å². The Hall–Kier alpha value is -3.52. The zero-order valence-corrected chi connectivity index (χ0v) is 24.3. The van der Waals surface area contributed by atoms with E-state index in [1.807, 2.05) is 0 Å². The molecule has 1 aromatic heterocycles. The summed E-state index contributed by atoms with van der Waals surface area (Å²) >= 11 is 12.5. The van der Waals surface area contributed by atoms with E-state index < -0.39 is 22.9 Å². The Bertz CT molecular complexity index is 1580. The molecule has 0 radical (unpaired) electrons. The van der Waals surface area contributed by atoms with Crippen molar-refractivity contribution in [3.8, 4) is 34.2 Å². The molecule has 1 amide bonds. The number of aromatic hydroxyl groups is 1. The van der Waals surface area contributed by atoms with Crippen LogP contribution in [0.15, 0.2) is 41.2 Å². The Balaban J connectivity index is 1.60. The summed E-state index contributed by atoms with van der Waals surface area (Å²) in [5, 5.41) is 23.8. The van der Waals surface area contributed by atoms with E-state index in [0.29, 0.717) is 5.56 Å². The second-order valence-corrected chi connectivity index (χ2v) is 11.1. The summed E-state index contributed by atoms with van der Waals surface area (Å²) < 4.78 is 40.2. The number of halogens is 5. The molecule has 7 nitrogen and oxygen atoms in total. The van der Waals surface area contributed by atoms with Gasteiger partial charge in [-0.3, -0.25) is 9.59 Å². The molecule has 0 unspecified atom stereocenters. The number of nitrogens with one attached hydrogen (secondary N) is 2. The summed E-state index contributed by atoms with van der Waals surface area (Å²) in [6.07, 6.45) is -1.82. The van der Waals surface area contributed by atoms with Crippen LogP contribution < -0.4 is 10.9 Å². The molecule has 0 saturated carbocycles. The monoisotopic (exact) mass is 620 g/mol. The van der Waals surface area contributed by atoms with Gasteiger partial charge in [-0.2, -0.15) is 18.4 Å². The molecular formula is C30H29Cl2F3N4O3. The van der Waals surface area contributed by atoms with Gasteiger partial charge in [0.25, 0.3) is 5.56 Å². The Morgan fingerprint density at radius 1 is 1.14 bits per heavy atom. The number of piperidine rings is 1. The SMILES string of the molecule is CCCN1CCC(C(=O)NCCc2cc(Cl)cc(-c3cc(-c4cc(C(F)(F)F)ccc4Cl)c(C#N)c(=O)[nH]3)c2O)CC1. The zero-order chi connectivity index (χ0) is 30.6. The maximum absolute atomic E-state index is 13.4. The van der Waals surface area contributed by atoms with Gasteiger partial charge in [-0.25, -0.2) is 0 Å². The lowest BCUT2D eigenvalue weighted by atomic mass is 9.95. The van der Waals surface area contributed by atoms with E-state index >= 15 is 0 Å². The van der Waals surface area contributed by atoms with E-state index in [-0.39, 0.29) is 63.0 Å². The lowest BCUT2D eigenvalue weighted by molar-refractivity contribution is -0.137. The molecule has 0 aliphatic carbocycles. The first-order chi connectivity index (χ1) is 19.9. The van der Waals surface area contributed by atoms with Crippen LogP contribution in [0.4, 0.5) is 13.2 Å². The quantitative estimate of drug-likeness (QED) is 0.270. The molecule has 3 aromatic rings. The number of amides is 1. The minimum atomic E-state index is -4.68. The number of hydrogen-bond acceptors (Lipinski definition) is 5. The van der Waals surface area contributed by atoms with Gasteiger partial charge in [-0.1, -0.05) is 30.1 Å². The van der Waals surface area contributed by atoms with Gasteiger partial charge in [0.2, 0.25) is 5.91 Å². The smallest absolute Gasteiger partial charge is 0.416 e. The van der Waals surface area contributed by atoms with Crippen LogP contribution in [0.3, 0.4) is 0 Å². The molecule has 42 heavy (non-hydrogen) atoms. The van der Waals surface area contributed by atoms with Crippen LogP contribution in [-0.4, -0.2) is 47.1 Å². The number of H-pyrrole nitrogens is 1. The van der Waals surface area contributed by atoms with Gasteiger partial charge in [0.15, 0.2) is 0 Å². The number of nitriles is 1. The van der Waals surface area contributed by atoms with Gasteiger partial charge in [0.1, 0.15) is 17.4 Å². The highest BCUT2D eigenvalue weighted by Gasteiger charge is 2.31. The van der Waals surface area contributed by atoms with Crippen molar-refractivity contribution in [1.82, 2.24) is 15.2 Å². The predicted octanol–water partition coefficient (Wildman–Crippen LogP) is 6.39. The largest absolute Gasteiger partial charge is 0.507 e. The van der Waals surface area contributed by atoms with Crippen molar-refractivity contribution >= 4 is 29.1 Å². The summed E-state index contributed by atoms with van der Waals surface area (Å²) in [5.41, 5.74) is -2.12. The fraction of sp³-hybridized carbons (Fsp3) is 0.367. The molecule has 0 spiro atoms. The van der Waals surface area contributed by atoms with Crippen molar-refractivity contribution in [2.75, 3.05) is 26.2 Å². The van der Waals surface area contributed by atoms with Crippen LogP contribution >= 0.6 is 23.2 Å². The van der Waals surface area contributed by atoms with Crippen LogP contribution in [0.2, 0.25) is 10.0 Å². The fourth-order valence-electron chi connectivity index (χ4n) is 5.19. The second kappa shape index (κ2) is 13.2. The standard InChI is InChI=1S/C30H29Cl2F3N4O3/c1-2-9-39-10-6-17(7-11-39)28(41)37-8-5-18-12-20(31)14-23(27(18)40)26-15-21(24(16-36)29(42)38-26)22-13-19(30(33,34)35)3-4-25(22)32/h3-4,12-15,17,40H,2,5-11H2,1H3,(H,37,41)(H,38,42). The van der Waals surface area contributed by atoms with Crippen LogP contribution in [0, 0.1) is 17.2 Å². The Morgan fingerprint density at radius 3 is 2.50 bits per heavy atom. The predicted molar refractivity (Wildman–Crippen MR) is 156 cm³/mol. The molecule has 0 bridgehead atoms. The number of likely N-dealkylation sites (tertiary alicyclic amines) is 1. The Kier molecular flexibility index (Phi) is 9.87. The average Bonchev–Trinajstić information content (AvgIpc) is 2.94. The number of benzene rings is 2. The molecule has 3 N–H and O–H groups in total. The van der Waals surface area contributed by atoms with Gasteiger partial charge in [0.05, 0.1) is 11.3 Å². The van der Waals surface area contributed by atoms with Gasteiger partial charge < -0.3 is 20.3 Å². The zero-order valence-electron chi connectivity index (χ0n) is 22.7. The molecule has 1 aliphatic rings. The van der Waals surface area contributed by atoms with Crippen molar-refractivity contribution in [1.29, 1.82) is 5.26 Å². The van der Waals surface area contributed by atoms with E-state index in [0.717, 1.165) is 57.1 Å². The highest BCUT2D eigenvalue weighted by atomic mass is 35.5. The normalized spacial score (nSPS) is 14.5. The third-order valence-corrected chi connectivity index (χ3v) is 7.91. The van der Waals surface area contributed by atoms with Crippen LogP contribution in [0.25, 0.3) is 22.4 Å². The minimum Gasteiger partial charge on any atom is -0.507 e. The molecular weight excluding hydrogens is 592 g/mol. The van der Waals surface area contributed by atoms with E-state index in [2.05, 4.69) is 22.1 Å². The lowest BCUT2D eigenvalue weighted by Gasteiger charge is -2.30. The molecule has 1 fully saturated rings. The summed E-state index contributed by atoms with van der Waals surface area (Å²) in [5.74, 6) is -0.360. The van der Waals surface area contributed by atoms with E-state index in [9.17, 15) is 33.1 Å². The number of aromatic nitrogens is 1. The molecule has 4 rings (SSSR count). The topological polar surface area (TPSA) is 109 Å². The third kappa shape index (κ3) is 7.09. The highest BCUT2D eigenvalue weighted by molar-refractivity contribution is 6.33. The van der Waals surface area contributed by atoms with Crippen LogP contribution in [0.5, 0.6) is 5.75 Å². The van der Waals surface area contributed by atoms with Gasteiger partial charge in [-0.15, -0.1) is 0 Å². The van der Waals surface area contributed by atoms with E-state index in [1.165, 1.54) is 18.2 Å². The van der Waals surface area contributed by atoms with Crippen molar-refractivity contribution in [2.45, 2.75) is 38.8 Å². The maximum Gasteiger partial charge on any atom is 0.416 e. The number of aromatic amines is 1. The summed E-state index contributed by atoms with van der Waals surface area (Å²) in [4.78, 5) is 30.4. The van der Waals surface area contributed by atoms with Crippen molar-refractivity contribution in [3.63, 3.8) is 0 Å². The van der Waals surface area contributed by atoms with Gasteiger partial charge in [-0.05, 0) is 87.3 Å². The van der Waals surface area contributed by atoms with Crippen molar-refractivity contribution in [3.05, 3.63) is 73.5 Å². The highest BCUT2D eigenvalue weighted by Crippen LogP contribution is 2.39. The first kappa shape index (κ1) is 31.4. The average molecular weight is 621 g/mol. The number of carbonyl (C=O) groups is 1. The Morgan fingerprint density at radius 2 is 1.86 bits per heavy atom. The number of pyridine rings is 1. The number of phenols is 1. The van der Waals surface area contributed by atoms with Crippen LogP contribution in [0.1, 0.15) is 42.9 Å². The number of nitrogens with zero attached hydrogens (tertiary/aromatic N) is 2. The summed E-state index contributed by atoms with van der Waals surface area (Å²) in [7, 11) is 0. The number of hydrogen-bond donors (Lipinski definition) is 3. The van der Waals surface area contributed by atoms with Crippen molar-refractivity contribution in [2.24, 2.45) is 5.92 Å². The molecule has 2 heterocycles. The lowest BCUT2D eigenvalue weighted by Crippen LogP contribution is -2.41. The maximum atomic E-state index is 13.4. The molecule has 2 aromatic carbocycles. The van der Waals surface area contributed by atoms with E-state index in [4.69, 9.17) is 23.2 Å². The third-order valence-electron chi connectivity index (χ3n) is 7.36. The van der Waals surface area contributed by atoms with Crippen LogP contribution in [-0.2, 0) is 17.4 Å². The first-order valence-corrected chi connectivity index (χ1v) is 14.2. The summed E-state index contributed by atoms with van der Waals surface area (Å²) in [6.45, 7) is 5.13. The minimum absolute atomic E-state index is 0.0200. The Labute approximate surface area is 250 Å². The molecule has 1 aliphatic heterocycles. The number of rotatable bonds is 8. The van der Waals surface area contributed by atoms with E-state index in [1.54, 1.807) is 6.07 Å².